The molecule has 13 heteroatoms. The first-order valence-corrected chi connectivity index (χ1v) is 17.1. The number of fused-ring (bicyclic) bond motifs is 5. The van der Waals surface area contributed by atoms with Crippen LogP contribution < -0.4 is 15.4 Å². The summed E-state index contributed by atoms with van der Waals surface area (Å²) in [6, 6.07) is 11.1. The lowest BCUT2D eigenvalue weighted by molar-refractivity contribution is -0.133. The van der Waals surface area contributed by atoms with E-state index in [-0.39, 0.29) is 42.0 Å². The number of carbonyl (C=O) groups excluding carboxylic acids is 2. The van der Waals surface area contributed by atoms with Gasteiger partial charge in [0.1, 0.15) is 11.9 Å². The molecule has 0 spiro atoms. The largest absolute Gasteiger partial charge is 0.493 e. The SMILES string of the molecule is Cn1cc(CN2C[C@@H]3C[C@H]2C(=O)NC[C@H]2O[C@H](CCOc4cc(-c5ccc(S(C)(=O)=O)cc5)ccc4C(=O)N3)CC[C@@H]2O)cn1. The monoisotopic (exact) mass is 637 g/mol. The smallest absolute Gasteiger partial charge is 0.255 e. The van der Waals surface area contributed by atoms with Gasteiger partial charge in [0.2, 0.25) is 5.91 Å². The van der Waals surface area contributed by atoms with E-state index in [0.717, 1.165) is 16.7 Å². The molecule has 0 aliphatic carbocycles. The third-order valence-corrected chi connectivity index (χ3v) is 9.91. The number of nitrogens with zero attached hydrogens (tertiary/aromatic N) is 3. The van der Waals surface area contributed by atoms with E-state index in [9.17, 15) is 23.1 Å². The van der Waals surface area contributed by atoms with Crippen molar-refractivity contribution in [1.29, 1.82) is 0 Å². The van der Waals surface area contributed by atoms with Crippen molar-refractivity contribution in [3.05, 3.63) is 66.0 Å². The number of hydrogen-bond acceptors (Lipinski definition) is 9. The number of ether oxygens (including phenoxy) is 2. The predicted octanol–water partition coefficient (Wildman–Crippen LogP) is 1.67. The van der Waals surface area contributed by atoms with Gasteiger partial charge in [0, 0.05) is 57.2 Å². The Morgan fingerprint density at radius 3 is 2.58 bits per heavy atom. The third kappa shape index (κ3) is 7.22. The Labute approximate surface area is 262 Å². The van der Waals surface area contributed by atoms with Gasteiger partial charge in [-0.05, 0) is 54.7 Å². The zero-order chi connectivity index (χ0) is 31.7. The van der Waals surface area contributed by atoms with Crippen LogP contribution in [0.15, 0.2) is 59.8 Å². The first-order chi connectivity index (χ1) is 21.5. The highest BCUT2D eigenvalue weighted by Crippen LogP contribution is 2.30. The molecule has 0 radical (unpaired) electrons. The second-order valence-electron chi connectivity index (χ2n) is 12.2. The zero-order valence-electron chi connectivity index (χ0n) is 25.4. The molecule has 2 fully saturated rings. The Morgan fingerprint density at radius 1 is 1.07 bits per heavy atom. The number of amides is 2. The average Bonchev–Trinajstić information content (AvgIpc) is 3.61. The second kappa shape index (κ2) is 12.9. The molecule has 3 aliphatic heterocycles. The number of aliphatic hydroxyl groups is 1. The lowest BCUT2D eigenvalue weighted by Crippen LogP contribution is -2.50. The maximum Gasteiger partial charge on any atom is 0.255 e. The number of aryl methyl sites for hydroxylation is 1. The number of benzene rings is 2. The minimum atomic E-state index is -3.33. The van der Waals surface area contributed by atoms with Gasteiger partial charge in [-0.15, -0.1) is 0 Å². The first-order valence-electron chi connectivity index (χ1n) is 15.2. The molecule has 3 N–H and O–H groups in total. The summed E-state index contributed by atoms with van der Waals surface area (Å²) in [5.74, 6) is -0.0762. The van der Waals surface area contributed by atoms with Crippen molar-refractivity contribution in [3.8, 4) is 16.9 Å². The number of rotatable bonds is 4. The lowest BCUT2D eigenvalue weighted by atomic mass is 9.99. The van der Waals surface area contributed by atoms with E-state index in [2.05, 4.69) is 15.7 Å². The molecule has 0 unspecified atom stereocenters. The highest BCUT2D eigenvalue weighted by molar-refractivity contribution is 7.90. The standard InChI is InChI=1S/C32H39N5O7S/c1-36-17-20(15-34-36)18-37-19-23-14-27(37)32(40)33-16-30-28(38)10-6-24(44-30)11-12-43-29-13-22(5-9-26(29)31(39)35-23)21-3-7-25(8-4-21)45(2,41)42/h3-5,7-9,13,15,17,23-24,27-28,30,38H,6,10-12,14,16,18-19H2,1-2H3,(H,33,40)(H,35,39)/t23-,24-,27-,28-,30+/m0/s1. The number of sulfone groups is 1. The van der Waals surface area contributed by atoms with Crippen molar-refractivity contribution in [2.24, 2.45) is 7.05 Å². The molecule has 4 heterocycles. The van der Waals surface area contributed by atoms with Gasteiger partial charge in [-0.1, -0.05) is 18.2 Å². The molecule has 2 amide bonds. The van der Waals surface area contributed by atoms with E-state index in [1.807, 2.05) is 24.2 Å². The maximum absolute atomic E-state index is 13.7. The fourth-order valence-corrected chi connectivity index (χ4v) is 7.01. The minimum absolute atomic E-state index is 0.170. The summed E-state index contributed by atoms with van der Waals surface area (Å²) in [5.41, 5.74) is 2.87. The Bertz CT molecular complexity index is 1660. The molecule has 3 aliphatic rings. The summed E-state index contributed by atoms with van der Waals surface area (Å²) < 4.78 is 38.0. The molecule has 6 rings (SSSR count). The highest BCUT2D eigenvalue weighted by Gasteiger charge is 2.39. The quantitative estimate of drug-likeness (QED) is 0.388. The van der Waals surface area contributed by atoms with Gasteiger partial charge in [-0.3, -0.25) is 19.2 Å². The maximum atomic E-state index is 13.7. The number of carbonyl (C=O) groups is 2. The van der Waals surface area contributed by atoms with Crippen LogP contribution in [0.5, 0.6) is 5.75 Å². The first kappa shape index (κ1) is 31.2. The van der Waals surface area contributed by atoms with E-state index in [4.69, 9.17) is 9.47 Å². The van der Waals surface area contributed by atoms with Crippen LogP contribution in [0.3, 0.4) is 0 Å². The summed E-state index contributed by atoms with van der Waals surface area (Å²) in [7, 11) is -1.49. The van der Waals surface area contributed by atoms with Crippen LogP contribution in [0, 0.1) is 0 Å². The van der Waals surface area contributed by atoms with Gasteiger partial charge in [0.05, 0.1) is 41.5 Å². The summed E-state index contributed by atoms with van der Waals surface area (Å²) in [6.45, 7) is 1.42. The molecule has 240 valence electrons. The fraction of sp³-hybridized carbons (Fsp3) is 0.469. The molecular formula is C32H39N5O7S. The van der Waals surface area contributed by atoms with E-state index < -0.39 is 28.1 Å². The van der Waals surface area contributed by atoms with E-state index in [0.29, 0.717) is 50.1 Å². The van der Waals surface area contributed by atoms with Crippen molar-refractivity contribution >= 4 is 21.7 Å². The van der Waals surface area contributed by atoms with Gasteiger partial charge >= 0.3 is 0 Å². The van der Waals surface area contributed by atoms with Crippen molar-refractivity contribution in [1.82, 2.24) is 25.3 Å². The summed E-state index contributed by atoms with van der Waals surface area (Å²) in [6.07, 6.45) is 5.61. The molecule has 5 atom stereocenters. The molecule has 2 aromatic carbocycles. The van der Waals surface area contributed by atoms with E-state index in [1.54, 1.807) is 47.3 Å². The lowest BCUT2D eigenvalue weighted by Gasteiger charge is -2.34. The summed E-state index contributed by atoms with van der Waals surface area (Å²) in [4.78, 5) is 29.5. The van der Waals surface area contributed by atoms with Gasteiger partial charge in [-0.25, -0.2) is 8.42 Å². The molecule has 12 nitrogen and oxygen atoms in total. The normalized spacial score (nSPS) is 26.4. The zero-order valence-corrected chi connectivity index (χ0v) is 26.2. The summed E-state index contributed by atoms with van der Waals surface area (Å²) in [5, 5.41) is 21.0. The van der Waals surface area contributed by atoms with E-state index in [1.165, 1.54) is 6.26 Å². The predicted molar refractivity (Wildman–Crippen MR) is 165 cm³/mol. The van der Waals surface area contributed by atoms with Gasteiger partial charge in [0.15, 0.2) is 9.84 Å². The molecule has 2 saturated heterocycles. The fourth-order valence-electron chi connectivity index (χ4n) is 6.37. The number of aromatic nitrogens is 2. The Balaban J connectivity index is 1.29. The van der Waals surface area contributed by atoms with E-state index >= 15 is 0 Å². The third-order valence-electron chi connectivity index (χ3n) is 8.78. The number of hydrogen-bond donors (Lipinski definition) is 3. The Kier molecular flexibility index (Phi) is 8.96. The Hall–Kier alpha value is -3.78. The van der Waals surface area contributed by atoms with Crippen molar-refractivity contribution in [3.63, 3.8) is 0 Å². The molecule has 0 saturated carbocycles. The number of aliphatic hydroxyl groups excluding tert-OH is 1. The van der Waals surface area contributed by atoms with Gasteiger partial charge < -0.3 is 25.2 Å². The van der Waals surface area contributed by atoms with Crippen LogP contribution in [0.1, 0.15) is 41.6 Å². The molecule has 3 aromatic rings. The highest BCUT2D eigenvalue weighted by atomic mass is 32.2. The van der Waals surface area contributed by atoms with Crippen LogP contribution in [-0.2, 0) is 33.0 Å². The van der Waals surface area contributed by atoms with Gasteiger partial charge in [-0.2, -0.15) is 5.10 Å². The van der Waals surface area contributed by atoms with Crippen LogP contribution in [0.4, 0.5) is 0 Å². The molecule has 45 heavy (non-hydrogen) atoms. The van der Waals surface area contributed by atoms with Crippen molar-refractivity contribution in [2.45, 2.75) is 67.5 Å². The van der Waals surface area contributed by atoms with Crippen LogP contribution in [0.25, 0.3) is 11.1 Å². The number of nitrogens with one attached hydrogen (secondary N) is 2. The molecular weight excluding hydrogens is 598 g/mol. The van der Waals surface area contributed by atoms with Crippen LogP contribution in [-0.4, -0.2) is 96.4 Å². The second-order valence-corrected chi connectivity index (χ2v) is 14.2. The minimum Gasteiger partial charge on any atom is -0.493 e. The molecule has 1 aromatic heterocycles. The van der Waals surface area contributed by atoms with Crippen molar-refractivity contribution < 1.29 is 32.6 Å². The van der Waals surface area contributed by atoms with Crippen molar-refractivity contribution in [2.75, 3.05) is 26.0 Å². The van der Waals surface area contributed by atoms with Gasteiger partial charge in [0.25, 0.3) is 5.91 Å². The summed E-state index contributed by atoms with van der Waals surface area (Å²) >= 11 is 0. The Morgan fingerprint density at radius 2 is 1.84 bits per heavy atom. The van der Waals surface area contributed by atoms with Crippen LogP contribution >= 0.6 is 0 Å². The average molecular weight is 638 g/mol. The van der Waals surface area contributed by atoms with Crippen LogP contribution in [0.2, 0.25) is 0 Å². The molecule has 4 bridgehead atoms. The number of likely N-dealkylation sites (tertiary alicyclic amines) is 1. The topological polar surface area (TPSA) is 152 Å².